The normalized spacial score (nSPS) is 14.1. The Labute approximate surface area is 142 Å². The Balaban J connectivity index is 2.07. The smallest absolute Gasteiger partial charge is 0.230 e. The Morgan fingerprint density at radius 2 is 1.88 bits per heavy atom. The fourth-order valence-electron chi connectivity index (χ4n) is 2.41. The molecule has 1 unspecified atom stereocenters. The van der Waals surface area contributed by atoms with Gasteiger partial charge in [-0.2, -0.15) is 5.10 Å². The summed E-state index contributed by atoms with van der Waals surface area (Å²) >= 11 is 0. The monoisotopic (exact) mass is 331 g/mol. The largest absolute Gasteiger partial charge is 0.497 e. The Morgan fingerprint density at radius 1 is 1.25 bits per heavy atom. The van der Waals surface area contributed by atoms with Gasteiger partial charge in [-0.25, -0.2) is 0 Å². The maximum Gasteiger partial charge on any atom is 0.230 e. The van der Waals surface area contributed by atoms with E-state index >= 15 is 0 Å². The third kappa shape index (κ3) is 3.76. The van der Waals surface area contributed by atoms with Crippen LogP contribution in [0.1, 0.15) is 31.9 Å². The standard InChI is InChI=1S/C18H25N3O3/c1-17(2,13-6-8-15(24-5)9-7-13)16(22)19-12-18(3,23)14-10-20-21(4)11-14/h6-11,23H,12H2,1-5H3,(H,19,22). The highest BCUT2D eigenvalue weighted by atomic mass is 16.5. The number of ether oxygens (including phenoxy) is 1. The van der Waals surface area contributed by atoms with E-state index in [2.05, 4.69) is 10.4 Å². The number of amides is 1. The third-order valence-electron chi connectivity index (χ3n) is 4.30. The van der Waals surface area contributed by atoms with Crippen LogP contribution in [0.3, 0.4) is 0 Å². The van der Waals surface area contributed by atoms with Gasteiger partial charge in [0.15, 0.2) is 0 Å². The van der Waals surface area contributed by atoms with E-state index in [4.69, 9.17) is 4.74 Å². The highest BCUT2D eigenvalue weighted by Crippen LogP contribution is 2.26. The van der Waals surface area contributed by atoms with Gasteiger partial charge in [0.2, 0.25) is 5.91 Å². The Hall–Kier alpha value is -2.34. The molecule has 0 radical (unpaired) electrons. The van der Waals surface area contributed by atoms with E-state index in [1.807, 2.05) is 38.1 Å². The summed E-state index contributed by atoms with van der Waals surface area (Å²) in [5.74, 6) is 0.589. The maximum absolute atomic E-state index is 12.6. The molecule has 0 saturated carbocycles. The van der Waals surface area contributed by atoms with Gasteiger partial charge >= 0.3 is 0 Å². The van der Waals surface area contributed by atoms with Crippen molar-refractivity contribution in [2.45, 2.75) is 31.8 Å². The number of hydrogen-bond donors (Lipinski definition) is 2. The van der Waals surface area contributed by atoms with E-state index < -0.39 is 11.0 Å². The lowest BCUT2D eigenvalue weighted by Gasteiger charge is -2.28. The molecule has 2 N–H and O–H groups in total. The van der Waals surface area contributed by atoms with Crippen LogP contribution in [0.4, 0.5) is 0 Å². The van der Waals surface area contributed by atoms with E-state index in [1.54, 1.807) is 38.2 Å². The van der Waals surface area contributed by atoms with Crippen LogP contribution in [-0.4, -0.2) is 34.4 Å². The number of carbonyl (C=O) groups is 1. The molecule has 6 nitrogen and oxygen atoms in total. The molecular weight excluding hydrogens is 306 g/mol. The first kappa shape index (κ1) is 18.0. The van der Waals surface area contributed by atoms with Gasteiger partial charge in [0.1, 0.15) is 11.4 Å². The number of benzene rings is 1. The van der Waals surface area contributed by atoms with Crippen LogP contribution in [-0.2, 0) is 22.9 Å². The molecule has 2 aromatic rings. The Kier molecular flexibility index (Phi) is 4.99. The molecule has 0 aliphatic heterocycles. The van der Waals surface area contributed by atoms with E-state index in [1.165, 1.54) is 0 Å². The summed E-state index contributed by atoms with van der Waals surface area (Å²) in [6.45, 7) is 5.47. The lowest BCUT2D eigenvalue weighted by atomic mass is 9.83. The summed E-state index contributed by atoms with van der Waals surface area (Å²) in [6, 6.07) is 7.40. The first-order valence-electron chi connectivity index (χ1n) is 7.81. The summed E-state index contributed by atoms with van der Waals surface area (Å²) in [4.78, 5) is 12.6. The highest BCUT2D eigenvalue weighted by Gasteiger charge is 2.32. The Bertz CT molecular complexity index is 703. The molecule has 130 valence electrons. The number of rotatable bonds is 6. The zero-order valence-electron chi connectivity index (χ0n) is 14.8. The number of hydrogen-bond acceptors (Lipinski definition) is 4. The van der Waals surface area contributed by atoms with Crippen molar-refractivity contribution in [2.75, 3.05) is 13.7 Å². The SMILES string of the molecule is COc1ccc(C(C)(C)C(=O)NCC(C)(O)c2cnn(C)c2)cc1. The fraction of sp³-hybridized carbons (Fsp3) is 0.444. The van der Waals surface area contributed by atoms with Gasteiger partial charge in [-0.15, -0.1) is 0 Å². The average molecular weight is 331 g/mol. The molecule has 0 fully saturated rings. The molecule has 1 atom stereocenters. The summed E-state index contributed by atoms with van der Waals surface area (Å²) in [5, 5.41) is 17.5. The van der Waals surface area contributed by atoms with Crippen LogP contribution in [0.25, 0.3) is 0 Å². The van der Waals surface area contributed by atoms with E-state index in [0.29, 0.717) is 5.56 Å². The maximum atomic E-state index is 12.6. The number of nitrogens with zero attached hydrogens (tertiary/aromatic N) is 2. The number of nitrogens with one attached hydrogen (secondary N) is 1. The van der Waals surface area contributed by atoms with Gasteiger partial charge in [0.05, 0.1) is 25.3 Å². The zero-order valence-corrected chi connectivity index (χ0v) is 14.8. The molecule has 1 aromatic carbocycles. The van der Waals surface area contributed by atoms with Gasteiger partial charge in [-0.1, -0.05) is 12.1 Å². The minimum absolute atomic E-state index is 0.108. The molecule has 1 aromatic heterocycles. The fourth-order valence-corrected chi connectivity index (χ4v) is 2.41. The van der Waals surface area contributed by atoms with Gasteiger partial charge in [-0.05, 0) is 38.5 Å². The molecule has 0 aliphatic rings. The number of aliphatic hydroxyl groups is 1. The van der Waals surface area contributed by atoms with Crippen LogP contribution in [0.5, 0.6) is 5.75 Å². The summed E-state index contributed by atoms with van der Waals surface area (Å²) in [6.07, 6.45) is 3.33. The van der Waals surface area contributed by atoms with E-state index in [-0.39, 0.29) is 12.5 Å². The van der Waals surface area contributed by atoms with Crippen molar-refractivity contribution in [1.29, 1.82) is 0 Å². The number of aromatic nitrogens is 2. The van der Waals surface area contributed by atoms with Gasteiger partial charge in [0, 0.05) is 18.8 Å². The quantitative estimate of drug-likeness (QED) is 0.845. The molecule has 0 saturated heterocycles. The highest BCUT2D eigenvalue weighted by molar-refractivity contribution is 5.87. The molecular formula is C18H25N3O3. The van der Waals surface area contributed by atoms with Crippen molar-refractivity contribution >= 4 is 5.91 Å². The number of aryl methyl sites for hydroxylation is 1. The molecule has 0 bridgehead atoms. The summed E-state index contributed by atoms with van der Waals surface area (Å²) in [5.41, 5.74) is -0.369. The van der Waals surface area contributed by atoms with Crippen molar-refractivity contribution in [3.63, 3.8) is 0 Å². The number of methoxy groups -OCH3 is 1. The lowest BCUT2D eigenvalue weighted by molar-refractivity contribution is -0.126. The van der Waals surface area contributed by atoms with Gasteiger partial charge in [-0.3, -0.25) is 9.48 Å². The molecule has 2 rings (SSSR count). The van der Waals surface area contributed by atoms with Crippen LogP contribution >= 0.6 is 0 Å². The summed E-state index contributed by atoms with van der Waals surface area (Å²) < 4.78 is 6.76. The zero-order chi connectivity index (χ0) is 18.0. The minimum Gasteiger partial charge on any atom is -0.497 e. The molecule has 6 heteroatoms. The van der Waals surface area contributed by atoms with Crippen LogP contribution in [0, 0.1) is 0 Å². The van der Waals surface area contributed by atoms with Crippen molar-refractivity contribution < 1.29 is 14.6 Å². The van der Waals surface area contributed by atoms with Crippen molar-refractivity contribution in [1.82, 2.24) is 15.1 Å². The third-order valence-corrected chi connectivity index (χ3v) is 4.30. The van der Waals surface area contributed by atoms with E-state index in [0.717, 1.165) is 11.3 Å². The van der Waals surface area contributed by atoms with Crippen LogP contribution < -0.4 is 10.1 Å². The predicted molar refractivity (Wildman–Crippen MR) is 91.8 cm³/mol. The van der Waals surface area contributed by atoms with Gasteiger partial charge < -0.3 is 15.2 Å². The second-order valence-electron chi connectivity index (χ2n) is 6.71. The Morgan fingerprint density at radius 3 is 2.38 bits per heavy atom. The molecule has 0 spiro atoms. The summed E-state index contributed by atoms with van der Waals surface area (Å²) in [7, 11) is 3.39. The molecule has 1 amide bonds. The van der Waals surface area contributed by atoms with E-state index in [9.17, 15) is 9.90 Å². The topological polar surface area (TPSA) is 76.4 Å². The second-order valence-corrected chi connectivity index (χ2v) is 6.71. The first-order valence-corrected chi connectivity index (χ1v) is 7.81. The molecule has 24 heavy (non-hydrogen) atoms. The van der Waals surface area contributed by atoms with Gasteiger partial charge in [0.25, 0.3) is 0 Å². The predicted octanol–water partition coefficient (Wildman–Crippen LogP) is 1.73. The second kappa shape index (κ2) is 6.65. The average Bonchev–Trinajstić information content (AvgIpc) is 3.00. The number of carbonyl (C=O) groups excluding carboxylic acids is 1. The minimum atomic E-state index is -1.18. The van der Waals surface area contributed by atoms with Crippen LogP contribution in [0.15, 0.2) is 36.7 Å². The van der Waals surface area contributed by atoms with Crippen molar-refractivity contribution in [2.24, 2.45) is 7.05 Å². The van der Waals surface area contributed by atoms with Crippen LogP contribution in [0.2, 0.25) is 0 Å². The van der Waals surface area contributed by atoms with Crippen molar-refractivity contribution in [3.8, 4) is 5.75 Å². The van der Waals surface area contributed by atoms with Crippen molar-refractivity contribution in [3.05, 3.63) is 47.8 Å². The molecule has 1 heterocycles. The molecule has 0 aliphatic carbocycles. The lowest BCUT2D eigenvalue weighted by Crippen LogP contribution is -2.45. The first-order chi connectivity index (χ1) is 11.2.